The van der Waals surface area contributed by atoms with Crippen LogP contribution in [-0.2, 0) is 0 Å². The van der Waals surface area contributed by atoms with Crippen LogP contribution in [0.1, 0.15) is 5.56 Å². The topological polar surface area (TPSA) is 16.1 Å². The predicted molar refractivity (Wildman–Crippen MR) is 151 cm³/mol. The number of fused-ring (bicyclic) bond motifs is 3. The summed E-state index contributed by atoms with van der Waals surface area (Å²) in [4.78, 5) is 6.52. The third-order valence-corrected chi connectivity index (χ3v) is 7.23. The number of hydrogen-bond donors (Lipinski definition) is 0. The third kappa shape index (κ3) is 3.15. The van der Waals surface area contributed by atoms with Gasteiger partial charge < -0.3 is 4.90 Å². The number of para-hydroxylation sites is 1. The van der Waals surface area contributed by atoms with Crippen LogP contribution in [0.2, 0.25) is 0 Å². The zero-order valence-corrected chi connectivity index (χ0v) is 20.0. The van der Waals surface area contributed by atoms with Crippen LogP contribution in [0.25, 0.3) is 44.2 Å². The van der Waals surface area contributed by atoms with Gasteiger partial charge in [0, 0.05) is 29.5 Å². The molecule has 0 amide bonds. The minimum atomic E-state index is 1.09. The zero-order chi connectivity index (χ0) is 24.1. The van der Waals surface area contributed by atoms with Gasteiger partial charge in [-0.3, -0.25) is 4.98 Å². The van der Waals surface area contributed by atoms with Crippen LogP contribution in [0, 0.1) is 6.92 Å². The summed E-state index contributed by atoms with van der Waals surface area (Å²) in [5, 5.41) is 2.67. The fourth-order valence-electron chi connectivity index (χ4n) is 5.63. The molecule has 6 aromatic rings. The van der Waals surface area contributed by atoms with Crippen molar-refractivity contribution in [1.82, 2.24) is 4.98 Å². The minimum Gasteiger partial charge on any atom is -0.310 e. The number of rotatable bonds is 4. The Morgan fingerprint density at radius 2 is 1.17 bits per heavy atom. The van der Waals surface area contributed by atoms with E-state index in [9.17, 15) is 0 Å². The molecule has 0 saturated heterocycles. The highest BCUT2D eigenvalue weighted by Crippen LogP contribution is 2.49. The molecular formula is C34H24N2. The van der Waals surface area contributed by atoms with Gasteiger partial charge in [0.15, 0.2) is 0 Å². The Kier molecular flexibility index (Phi) is 4.71. The lowest BCUT2D eigenvalue weighted by atomic mass is 9.93. The van der Waals surface area contributed by atoms with Crippen molar-refractivity contribution in [2.24, 2.45) is 0 Å². The maximum absolute atomic E-state index is 4.23. The monoisotopic (exact) mass is 460 g/mol. The molecule has 5 aromatic carbocycles. The standard InChI is InChI=1S/C34H24N2/c1-23-22-24(14-17-33(23)36(25-8-3-2-4-9-25)26-18-20-35-21-19-26)27-15-16-32-29-11-6-5-10-28(29)31-13-7-12-30(27)34(31)32/h2-22H,1H3. The van der Waals surface area contributed by atoms with E-state index in [1.54, 1.807) is 0 Å². The Balaban J connectivity index is 1.38. The summed E-state index contributed by atoms with van der Waals surface area (Å²) in [6.07, 6.45) is 3.69. The van der Waals surface area contributed by atoms with Crippen LogP contribution >= 0.6 is 0 Å². The first-order valence-corrected chi connectivity index (χ1v) is 12.3. The van der Waals surface area contributed by atoms with Crippen molar-refractivity contribution in [3.8, 4) is 33.4 Å². The second kappa shape index (κ2) is 8.21. The summed E-state index contributed by atoms with van der Waals surface area (Å²) in [5.74, 6) is 0. The SMILES string of the molecule is Cc1cc(-c2ccc3c4c(cccc24)-c2ccccc2-3)ccc1N(c1ccccc1)c1ccncc1. The van der Waals surface area contributed by atoms with Crippen molar-refractivity contribution in [3.63, 3.8) is 0 Å². The predicted octanol–water partition coefficient (Wildman–Crippen LogP) is 9.33. The highest BCUT2D eigenvalue weighted by atomic mass is 15.1. The number of hydrogen-bond acceptors (Lipinski definition) is 2. The lowest BCUT2D eigenvalue weighted by Gasteiger charge is -2.27. The van der Waals surface area contributed by atoms with E-state index in [0.717, 1.165) is 17.1 Å². The van der Waals surface area contributed by atoms with Gasteiger partial charge in [0.25, 0.3) is 0 Å². The number of pyridine rings is 1. The third-order valence-electron chi connectivity index (χ3n) is 7.23. The first-order valence-electron chi connectivity index (χ1n) is 12.3. The zero-order valence-electron chi connectivity index (χ0n) is 20.0. The van der Waals surface area contributed by atoms with Crippen molar-refractivity contribution < 1.29 is 0 Å². The van der Waals surface area contributed by atoms with E-state index < -0.39 is 0 Å². The number of aromatic nitrogens is 1. The molecule has 36 heavy (non-hydrogen) atoms. The normalized spacial score (nSPS) is 11.5. The molecule has 0 N–H and O–H groups in total. The number of benzene rings is 5. The Hall–Kier alpha value is -4.69. The minimum absolute atomic E-state index is 1.09. The summed E-state index contributed by atoms with van der Waals surface area (Å²) in [6, 6.07) is 41.5. The molecular weight excluding hydrogens is 436 g/mol. The molecule has 1 aliphatic carbocycles. The van der Waals surface area contributed by atoms with Crippen molar-refractivity contribution in [3.05, 3.63) is 133 Å². The van der Waals surface area contributed by atoms with Crippen molar-refractivity contribution >= 4 is 27.8 Å². The lowest BCUT2D eigenvalue weighted by Crippen LogP contribution is -2.11. The summed E-state index contributed by atoms with van der Waals surface area (Å²) < 4.78 is 0. The first kappa shape index (κ1) is 20.7. The van der Waals surface area contributed by atoms with Crippen LogP contribution in [0.4, 0.5) is 17.1 Å². The Labute approximate surface area is 211 Å². The molecule has 0 aliphatic heterocycles. The summed E-state index contributed by atoms with van der Waals surface area (Å²) in [5.41, 5.74) is 12.4. The van der Waals surface area contributed by atoms with E-state index in [0.29, 0.717) is 0 Å². The number of anilines is 3. The molecule has 1 aliphatic rings. The first-order chi connectivity index (χ1) is 17.8. The van der Waals surface area contributed by atoms with Crippen LogP contribution in [0.5, 0.6) is 0 Å². The molecule has 170 valence electrons. The highest BCUT2D eigenvalue weighted by molar-refractivity contribution is 6.18. The fraction of sp³-hybridized carbons (Fsp3) is 0.0294. The number of aryl methyl sites for hydroxylation is 1. The van der Waals surface area contributed by atoms with Gasteiger partial charge in [0.2, 0.25) is 0 Å². The van der Waals surface area contributed by atoms with Gasteiger partial charge in [-0.05, 0) is 93.0 Å². The maximum atomic E-state index is 4.23. The van der Waals surface area contributed by atoms with E-state index in [-0.39, 0.29) is 0 Å². The second-order valence-corrected chi connectivity index (χ2v) is 9.31. The Morgan fingerprint density at radius 1 is 0.528 bits per heavy atom. The van der Waals surface area contributed by atoms with Gasteiger partial charge in [0.1, 0.15) is 0 Å². The van der Waals surface area contributed by atoms with Crippen LogP contribution in [0.15, 0.2) is 128 Å². The van der Waals surface area contributed by atoms with E-state index in [1.165, 1.54) is 49.7 Å². The largest absolute Gasteiger partial charge is 0.310 e. The molecule has 2 heteroatoms. The molecule has 1 aromatic heterocycles. The maximum Gasteiger partial charge on any atom is 0.0492 e. The van der Waals surface area contributed by atoms with Gasteiger partial charge in [-0.15, -0.1) is 0 Å². The van der Waals surface area contributed by atoms with Crippen LogP contribution in [-0.4, -0.2) is 4.98 Å². The van der Waals surface area contributed by atoms with Gasteiger partial charge in [-0.1, -0.05) is 78.9 Å². The molecule has 0 fully saturated rings. The molecule has 1 heterocycles. The summed E-state index contributed by atoms with van der Waals surface area (Å²) >= 11 is 0. The molecule has 0 saturated carbocycles. The van der Waals surface area contributed by atoms with Crippen LogP contribution < -0.4 is 4.90 Å². The molecule has 0 radical (unpaired) electrons. The average molecular weight is 461 g/mol. The Bertz CT molecular complexity index is 1670. The summed E-state index contributed by atoms with van der Waals surface area (Å²) in [7, 11) is 0. The van der Waals surface area contributed by atoms with Crippen molar-refractivity contribution in [2.45, 2.75) is 6.92 Å². The van der Waals surface area contributed by atoms with Gasteiger partial charge in [-0.2, -0.15) is 0 Å². The molecule has 0 unspecified atom stereocenters. The molecule has 2 nitrogen and oxygen atoms in total. The van der Waals surface area contributed by atoms with E-state index in [2.05, 4.69) is 132 Å². The fourth-order valence-corrected chi connectivity index (χ4v) is 5.63. The molecule has 0 atom stereocenters. The Morgan fingerprint density at radius 3 is 1.92 bits per heavy atom. The average Bonchev–Trinajstić information content (AvgIpc) is 3.27. The highest BCUT2D eigenvalue weighted by Gasteiger charge is 2.22. The van der Waals surface area contributed by atoms with Crippen molar-refractivity contribution in [1.29, 1.82) is 0 Å². The van der Waals surface area contributed by atoms with Crippen molar-refractivity contribution in [2.75, 3.05) is 4.90 Å². The van der Waals surface area contributed by atoms with Gasteiger partial charge in [0.05, 0.1) is 0 Å². The van der Waals surface area contributed by atoms with E-state index in [4.69, 9.17) is 0 Å². The molecule has 0 bridgehead atoms. The van der Waals surface area contributed by atoms with Crippen LogP contribution in [0.3, 0.4) is 0 Å². The van der Waals surface area contributed by atoms with E-state index in [1.807, 2.05) is 12.4 Å². The van der Waals surface area contributed by atoms with Gasteiger partial charge in [-0.25, -0.2) is 0 Å². The molecule has 0 spiro atoms. The number of nitrogens with zero attached hydrogens (tertiary/aromatic N) is 2. The smallest absolute Gasteiger partial charge is 0.0492 e. The molecule has 7 rings (SSSR count). The van der Waals surface area contributed by atoms with E-state index >= 15 is 0 Å². The lowest BCUT2D eigenvalue weighted by molar-refractivity contribution is 1.22. The quantitative estimate of drug-likeness (QED) is 0.260. The van der Waals surface area contributed by atoms with Gasteiger partial charge >= 0.3 is 0 Å². The summed E-state index contributed by atoms with van der Waals surface area (Å²) in [6.45, 7) is 2.20. The second-order valence-electron chi connectivity index (χ2n) is 9.31.